The van der Waals surface area contributed by atoms with Gasteiger partial charge in [0.25, 0.3) is 0 Å². The summed E-state index contributed by atoms with van der Waals surface area (Å²) in [5.74, 6) is 0.841. The fraction of sp³-hybridized carbons (Fsp3) is 0.455. The average Bonchev–Trinajstić information content (AvgIpc) is 2.16. The van der Waals surface area contributed by atoms with Gasteiger partial charge in [-0.15, -0.1) is 0 Å². The maximum Gasteiger partial charge on any atom is 0.133 e. The Morgan fingerprint density at radius 2 is 2.21 bits per heavy atom. The summed E-state index contributed by atoms with van der Waals surface area (Å²) < 4.78 is 6.17. The molecule has 0 radical (unpaired) electrons. The lowest BCUT2D eigenvalue weighted by molar-refractivity contribution is 0.185. The summed E-state index contributed by atoms with van der Waals surface area (Å²) in [6, 6.07) is 5.91. The summed E-state index contributed by atoms with van der Waals surface area (Å²) in [5.41, 5.74) is 1.17. The first-order chi connectivity index (χ1) is 6.65. The van der Waals surface area contributed by atoms with Crippen molar-refractivity contribution < 1.29 is 9.84 Å². The Morgan fingerprint density at radius 3 is 2.79 bits per heavy atom. The Kier molecular flexibility index (Phi) is 4.42. The number of hydrogen-bond donors (Lipinski definition) is 1. The Bertz CT molecular complexity index is 297. The van der Waals surface area contributed by atoms with Crippen LogP contribution < -0.4 is 4.74 Å². The van der Waals surface area contributed by atoms with Crippen molar-refractivity contribution >= 4 is 15.9 Å². The predicted octanol–water partition coefficient (Wildman–Crippen LogP) is 2.77. The number of hydrogen-bond acceptors (Lipinski definition) is 2. The van der Waals surface area contributed by atoms with Crippen molar-refractivity contribution in [2.75, 3.05) is 7.11 Å². The van der Waals surface area contributed by atoms with Gasteiger partial charge in [0.05, 0.1) is 17.7 Å². The molecule has 0 aliphatic carbocycles. The molecule has 2 nitrogen and oxygen atoms in total. The quantitative estimate of drug-likeness (QED) is 0.900. The maximum absolute atomic E-state index is 9.18. The molecule has 0 saturated carbocycles. The summed E-state index contributed by atoms with van der Waals surface area (Å²) in [7, 11) is 1.65. The molecular weight excluding hydrogens is 244 g/mol. The van der Waals surface area contributed by atoms with E-state index in [0.717, 1.165) is 23.1 Å². The monoisotopic (exact) mass is 258 g/mol. The summed E-state index contributed by atoms with van der Waals surface area (Å²) in [5, 5.41) is 9.18. The summed E-state index contributed by atoms with van der Waals surface area (Å²) in [6.45, 7) is 1.80. The number of rotatable bonds is 4. The molecule has 0 bridgehead atoms. The molecule has 14 heavy (non-hydrogen) atoms. The number of aliphatic hydroxyl groups excluding tert-OH is 1. The molecular formula is C11H15BrO2. The van der Waals surface area contributed by atoms with E-state index in [0.29, 0.717) is 0 Å². The Morgan fingerprint density at radius 1 is 1.50 bits per heavy atom. The second kappa shape index (κ2) is 5.37. The van der Waals surface area contributed by atoms with Crippen molar-refractivity contribution in [1.29, 1.82) is 0 Å². The Balaban J connectivity index is 2.76. The SMILES string of the molecule is COc1cccc(CCC(C)O)c1Br. The number of halogens is 1. The molecule has 1 aromatic carbocycles. The number of benzene rings is 1. The second-order valence-corrected chi connectivity index (χ2v) is 4.11. The minimum atomic E-state index is -0.256. The zero-order valence-corrected chi connectivity index (χ0v) is 10.0. The van der Waals surface area contributed by atoms with E-state index < -0.39 is 0 Å². The first kappa shape index (κ1) is 11.5. The molecule has 1 unspecified atom stereocenters. The lowest BCUT2D eigenvalue weighted by atomic mass is 10.1. The van der Waals surface area contributed by atoms with Gasteiger partial charge in [-0.25, -0.2) is 0 Å². The molecule has 0 spiro atoms. The molecule has 0 amide bonds. The van der Waals surface area contributed by atoms with E-state index in [1.807, 2.05) is 18.2 Å². The van der Waals surface area contributed by atoms with Crippen LogP contribution in [0.3, 0.4) is 0 Å². The van der Waals surface area contributed by atoms with Crippen LogP contribution in [0.4, 0.5) is 0 Å². The highest BCUT2D eigenvalue weighted by atomic mass is 79.9. The third-order valence-corrected chi connectivity index (χ3v) is 2.99. The van der Waals surface area contributed by atoms with E-state index in [9.17, 15) is 5.11 Å². The fourth-order valence-electron chi connectivity index (χ4n) is 1.27. The minimum absolute atomic E-state index is 0.256. The predicted molar refractivity (Wildman–Crippen MR) is 60.7 cm³/mol. The second-order valence-electron chi connectivity index (χ2n) is 3.32. The highest BCUT2D eigenvalue weighted by Gasteiger charge is 2.06. The van der Waals surface area contributed by atoms with Crippen LogP contribution in [0.15, 0.2) is 22.7 Å². The number of aryl methyl sites for hydroxylation is 1. The first-order valence-electron chi connectivity index (χ1n) is 4.64. The Hall–Kier alpha value is -0.540. The summed E-state index contributed by atoms with van der Waals surface area (Å²) in [6.07, 6.45) is 1.37. The van der Waals surface area contributed by atoms with Crippen molar-refractivity contribution in [1.82, 2.24) is 0 Å². The van der Waals surface area contributed by atoms with Crippen molar-refractivity contribution in [3.8, 4) is 5.75 Å². The van der Waals surface area contributed by atoms with Crippen LogP contribution in [-0.2, 0) is 6.42 Å². The molecule has 0 aromatic heterocycles. The van der Waals surface area contributed by atoms with E-state index in [4.69, 9.17) is 4.74 Å². The van der Waals surface area contributed by atoms with Gasteiger partial charge >= 0.3 is 0 Å². The van der Waals surface area contributed by atoms with Crippen molar-refractivity contribution in [3.63, 3.8) is 0 Å². The highest BCUT2D eigenvalue weighted by Crippen LogP contribution is 2.29. The minimum Gasteiger partial charge on any atom is -0.496 e. The normalized spacial score (nSPS) is 12.6. The van der Waals surface area contributed by atoms with Gasteiger partial charge in [-0.3, -0.25) is 0 Å². The molecule has 0 aliphatic heterocycles. The van der Waals surface area contributed by atoms with E-state index in [2.05, 4.69) is 15.9 Å². The van der Waals surface area contributed by atoms with Crippen LogP contribution in [0.2, 0.25) is 0 Å². The lowest BCUT2D eigenvalue weighted by Gasteiger charge is -2.09. The van der Waals surface area contributed by atoms with Gasteiger partial charge in [0.1, 0.15) is 5.75 Å². The van der Waals surface area contributed by atoms with Crippen molar-refractivity contribution in [2.45, 2.75) is 25.9 Å². The molecule has 78 valence electrons. The molecule has 1 rings (SSSR count). The van der Waals surface area contributed by atoms with Gasteiger partial charge in [-0.2, -0.15) is 0 Å². The zero-order valence-electron chi connectivity index (χ0n) is 8.46. The van der Waals surface area contributed by atoms with Crippen molar-refractivity contribution in [3.05, 3.63) is 28.2 Å². The van der Waals surface area contributed by atoms with Gasteiger partial charge in [-0.05, 0) is 47.3 Å². The van der Waals surface area contributed by atoms with Gasteiger partial charge in [-0.1, -0.05) is 12.1 Å². The van der Waals surface area contributed by atoms with Gasteiger partial charge in [0.2, 0.25) is 0 Å². The van der Waals surface area contributed by atoms with E-state index in [1.54, 1.807) is 14.0 Å². The van der Waals surface area contributed by atoms with Gasteiger partial charge in [0.15, 0.2) is 0 Å². The van der Waals surface area contributed by atoms with E-state index in [1.165, 1.54) is 5.56 Å². The molecule has 1 aromatic rings. The standard InChI is InChI=1S/C11H15BrO2/c1-8(13)6-7-9-4-3-5-10(14-2)11(9)12/h3-5,8,13H,6-7H2,1-2H3. The van der Waals surface area contributed by atoms with Crippen LogP contribution in [0.1, 0.15) is 18.9 Å². The zero-order chi connectivity index (χ0) is 10.6. The molecule has 1 atom stereocenters. The molecule has 1 N–H and O–H groups in total. The van der Waals surface area contributed by atoms with Crippen molar-refractivity contribution in [2.24, 2.45) is 0 Å². The Labute approximate surface area is 93.0 Å². The lowest BCUT2D eigenvalue weighted by Crippen LogP contribution is -2.02. The third kappa shape index (κ3) is 3.00. The smallest absolute Gasteiger partial charge is 0.133 e. The first-order valence-corrected chi connectivity index (χ1v) is 5.44. The molecule has 0 saturated heterocycles. The van der Waals surface area contributed by atoms with Crippen LogP contribution in [0.5, 0.6) is 5.75 Å². The maximum atomic E-state index is 9.18. The number of ether oxygens (including phenoxy) is 1. The van der Waals surface area contributed by atoms with Crippen LogP contribution in [-0.4, -0.2) is 18.3 Å². The average molecular weight is 259 g/mol. The molecule has 0 heterocycles. The highest BCUT2D eigenvalue weighted by molar-refractivity contribution is 9.10. The largest absolute Gasteiger partial charge is 0.496 e. The van der Waals surface area contributed by atoms with E-state index >= 15 is 0 Å². The number of methoxy groups -OCH3 is 1. The fourth-order valence-corrected chi connectivity index (χ4v) is 1.90. The molecule has 3 heteroatoms. The summed E-state index contributed by atoms with van der Waals surface area (Å²) in [4.78, 5) is 0. The number of aliphatic hydroxyl groups is 1. The molecule has 0 fully saturated rings. The molecule has 0 aliphatic rings. The van der Waals surface area contributed by atoms with Gasteiger partial charge in [0, 0.05) is 0 Å². The summed E-state index contributed by atoms with van der Waals surface area (Å²) >= 11 is 3.48. The van der Waals surface area contributed by atoms with Crippen LogP contribution in [0.25, 0.3) is 0 Å². The van der Waals surface area contributed by atoms with Crippen LogP contribution >= 0.6 is 15.9 Å². The third-order valence-electron chi connectivity index (χ3n) is 2.09. The van der Waals surface area contributed by atoms with E-state index in [-0.39, 0.29) is 6.10 Å². The van der Waals surface area contributed by atoms with Gasteiger partial charge < -0.3 is 9.84 Å². The topological polar surface area (TPSA) is 29.5 Å². The van der Waals surface area contributed by atoms with Crippen LogP contribution in [0, 0.1) is 0 Å².